The lowest BCUT2D eigenvalue weighted by molar-refractivity contribution is 0.137. The average molecular weight is 178 g/mol. The van der Waals surface area contributed by atoms with Gasteiger partial charge in [0.1, 0.15) is 7.28 Å². The Morgan fingerprint density at radius 1 is 0.923 bits per heavy atom. The molecule has 0 amide bonds. The lowest BCUT2D eigenvalue weighted by Crippen LogP contribution is -2.29. The first-order valence-corrected chi connectivity index (χ1v) is 6.29. The number of hydrogen-bond acceptors (Lipinski definition) is 0. The largest absolute Gasteiger partial charge is 0.121 e. The van der Waals surface area contributed by atoms with Crippen molar-refractivity contribution in [1.29, 1.82) is 0 Å². The molecule has 0 aromatic carbocycles. The van der Waals surface area contributed by atoms with Gasteiger partial charge in [0, 0.05) is 0 Å². The van der Waals surface area contributed by atoms with E-state index in [0.29, 0.717) is 0 Å². The van der Waals surface area contributed by atoms with E-state index >= 15 is 0 Å². The molecule has 0 radical (unpaired) electrons. The normalized spacial score (nSPS) is 45.4. The minimum atomic E-state index is 1.03. The molecule has 2 rings (SSSR count). The molecule has 13 heavy (non-hydrogen) atoms. The maximum atomic E-state index is 2.45. The van der Waals surface area contributed by atoms with Gasteiger partial charge in [-0.1, -0.05) is 45.2 Å². The maximum absolute atomic E-state index is 2.45. The van der Waals surface area contributed by atoms with Crippen LogP contribution >= 0.6 is 0 Å². The SMILES string of the molecule is CBC1CCC2CC(C)CCC2C1. The van der Waals surface area contributed by atoms with Crippen molar-refractivity contribution in [1.82, 2.24) is 0 Å². The maximum Gasteiger partial charge on any atom is 0.121 e. The van der Waals surface area contributed by atoms with Gasteiger partial charge >= 0.3 is 0 Å². The molecular weight excluding hydrogens is 155 g/mol. The predicted molar refractivity (Wildman–Crippen MR) is 60.6 cm³/mol. The zero-order chi connectivity index (χ0) is 9.26. The molecule has 0 nitrogen and oxygen atoms in total. The van der Waals surface area contributed by atoms with E-state index in [4.69, 9.17) is 0 Å². The van der Waals surface area contributed by atoms with Crippen molar-refractivity contribution in [3.8, 4) is 0 Å². The number of hydrogen-bond donors (Lipinski definition) is 0. The first kappa shape index (κ1) is 9.61. The lowest BCUT2D eigenvalue weighted by Gasteiger charge is -2.41. The average Bonchev–Trinajstić information content (AvgIpc) is 2.17. The fourth-order valence-corrected chi connectivity index (χ4v) is 3.59. The molecule has 0 aliphatic heterocycles. The van der Waals surface area contributed by atoms with Gasteiger partial charge in [0.15, 0.2) is 0 Å². The molecular formula is C12H23B. The van der Waals surface area contributed by atoms with E-state index in [9.17, 15) is 0 Å². The van der Waals surface area contributed by atoms with Gasteiger partial charge in [-0.15, -0.1) is 0 Å². The van der Waals surface area contributed by atoms with Crippen LogP contribution in [0.3, 0.4) is 0 Å². The second kappa shape index (κ2) is 4.06. The predicted octanol–water partition coefficient (Wildman–Crippen LogP) is 3.50. The van der Waals surface area contributed by atoms with Crippen molar-refractivity contribution < 1.29 is 0 Å². The van der Waals surface area contributed by atoms with E-state index in [2.05, 4.69) is 13.7 Å². The van der Waals surface area contributed by atoms with Gasteiger partial charge < -0.3 is 0 Å². The highest BCUT2D eigenvalue weighted by Crippen LogP contribution is 2.45. The molecule has 0 saturated heterocycles. The molecule has 0 aromatic rings. The van der Waals surface area contributed by atoms with Crippen LogP contribution in [0.1, 0.15) is 45.4 Å². The zero-order valence-electron chi connectivity index (χ0n) is 9.26. The van der Waals surface area contributed by atoms with E-state index in [0.717, 1.165) is 23.6 Å². The van der Waals surface area contributed by atoms with Crippen LogP contribution in [0.2, 0.25) is 12.6 Å². The Morgan fingerprint density at radius 3 is 2.38 bits per heavy atom. The fourth-order valence-electron chi connectivity index (χ4n) is 3.59. The second-order valence-electron chi connectivity index (χ2n) is 5.53. The van der Waals surface area contributed by atoms with Gasteiger partial charge in [-0.3, -0.25) is 0 Å². The summed E-state index contributed by atoms with van der Waals surface area (Å²) >= 11 is 0. The Morgan fingerprint density at radius 2 is 1.62 bits per heavy atom. The van der Waals surface area contributed by atoms with Crippen LogP contribution in [0.25, 0.3) is 0 Å². The molecule has 74 valence electrons. The summed E-state index contributed by atoms with van der Waals surface area (Å²) in [5.41, 5.74) is 0. The molecule has 1 heteroatoms. The van der Waals surface area contributed by atoms with Crippen LogP contribution in [-0.2, 0) is 0 Å². The Kier molecular flexibility index (Phi) is 3.01. The van der Waals surface area contributed by atoms with Crippen LogP contribution < -0.4 is 0 Å². The van der Waals surface area contributed by atoms with E-state index in [1.807, 2.05) is 0 Å². The molecule has 0 heterocycles. The number of fused-ring (bicyclic) bond motifs is 1. The molecule has 4 unspecified atom stereocenters. The monoisotopic (exact) mass is 178 g/mol. The summed E-state index contributed by atoms with van der Waals surface area (Å²) in [6.45, 7) is 4.82. The van der Waals surface area contributed by atoms with Crippen LogP contribution in [0.4, 0.5) is 0 Å². The summed E-state index contributed by atoms with van der Waals surface area (Å²) < 4.78 is 0. The summed E-state index contributed by atoms with van der Waals surface area (Å²) in [4.78, 5) is 0. The van der Waals surface area contributed by atoms with E-state index in [1.165, 1.54) is 20.1 Å². The molecule has 0 bridgehead atoms. The molecule has 2 fully saturated rings. The van der Waals surface area contributed by atoms with Crippen molar-refractivity contribution in [2.45, 2.75) is 58.1 Å². The van der Waals surface area contributed by atoms with E-state index in [-0.39, 0.29) is 0 Å². The summed E-state index contributed by atoms with van der Waals surface area (Å²) in [5, 5.41) is 0. The molecule has 2 aliphatic rings. The standard InChI is InChI=1S/C12H23B/c1-9-3-4-11-8-12(13-2)6-5-10(11)7-9/h9-13H,3-8H2,1-2H3. The third kappa shape index (κ3) is 2.11. The fraction of sp³-hybridized carbons (Fsp3) is 1.00. The minimum Gasteiger partial charge on any atom is -0.0891 e. The second-order valence-corrected chi connectivity index (χ2v) is 5.53. The highest BCUT2D eigenvalue weighted by atomic mass is 14.4. The first-order valence-electron chi connectivity index (χ1n) is 6.29. The minimum absolute atomic E-state index is 1.03. The molecule has 0 spiro atoms. The third-order valence-corrected chi connectivity index (χ3v) is 4.56. The Labute approximate surface area is 83.7 Å². The Bertz CT molecular complexity index is 167. The van der Waals surface area contributed by atoms with Gasteiger partial charge in [0.2, 0.25) is 0 Å². The Balaban J connectivity index is 1.90. The van der Waals surface area contributed by atoms with Crippen molar-refractivity contribution in [3.63, 3.8) is 0 Å². The smallest absolute Gasteiger partial charge is 0.0891 e. The van der Waals surface area contributed by atoms with Gasteiger partial charge in [-0.05, 0) is 30.6 Å². The van der Waals surface area contributed by atoms with Crippen molar-refractivity contribution >= 4 is 7.28 Å². The van der Waals surface area contributed by atoms with Crippen molar-refractivity contribution in [3.05, 3.63) is 0 Å². The molecule has 0 aromatic heterocycles. The zero-order valence-corrected chi connectivity index (χ0v) is 9.26. The van der Waals surface area contributed by atoms with E-state index in [1.54, 1.807) is 25.7 Å². The highest BCUT2D eigenvalue weighted by molar-refractivity contribution is 6.35. The topological polar surface area (TPSA) is 0 Å². The van der Waals surface area contributed by atoms with Gasteiger partial charge in [-0.25, -0.2) is 0 Å². The Hall–Kier alpha value is 0.0649. The molecule has 2 saturated carbocycles. The third-order valence-electron chi connectivity index (χ3n) is 4.56. The van der Waals surface area contributed by atoms with Crippen LogP contribution in [0.5, 0.6) is 0 Å². The summed E-state index contributed by atoms with van der Waals surface area (Å²) in [5.74, 6) is 4.34. The summed E-state index contributed by atoms with van der Waals surface area (Å²) in [6.07, 6.45) is 9.24. The summed E-state index contributed by atoms with van der Waals surface area (Å²) in [6, 6.07) is 0. The first-order chi connectivity index (χ1) is 6.29. The highest BCUT2D eigenvalue weighted by Gasteiger charge is 2.33. The van der Waals surface area contributed by atoms with Crippen LogP contribution in [0, 0.1) is 17.8 Å². The van der Waals surface area contributed by atoms with E-state index < -0.39 is 0 Å². The molecule has 4 atom stereocenters. The van der Waals surface area contributed by atoms with Crippen molar-refractivity contribution in [2.24, 2.45) is 17.8 Å². The van der Waals surface area contributed by atoms with Crippen LogP contribution in [-0.4, -0.2) is 7.28 Å². The number of rotatable bonds is 1. The van der Waals surface area contributed by atoms with Gasteiger partial charge in [-0.2, -0.15) is 0 Å². The van der Waals surface area contributed by atoms with Crippen LogP contribution in [0.15, 0.2) is 0 Å². The summed E-state index contributed by atoms with van der Waals surface area (Å²) in [7, 11) is 1.43. The molecule has 2 aliphatic carbocycles. The quantitative estimate of drug-likeness (QED) is 0.539. The van der Waals surface area contributed by atoms with Gasteiger partial charge in [0.25, 0.3) is 0 Å². The van der Waals surface area contributed by atoms with Crippen molar-refractivity contribution in [2.75, 3.05) is 0 Å². The molecule has 0 N–H and O–H groups in total. The lowest BCUT2D eigenvalue weighted by atomic mass is 9.54. The van der Waals surface area contributed by atoms with Gasteiger partial charge in [0.05, 0.1) is 0 Å².